The Balaban J connectivity index is 3.13. The highest BCUT2D eigenvalue weighted by molar-refractivity contribution is 7.17. The number of thiazole rings is 1. The zero-order chi connectivity index (χ0) is 8.43. The molecule has 1 aromatic heterocycles. The minimum atomic E-state index is 0.500. The van der Waals surface area contributed by atoms with Gasteiger partial charge in [0, 0.05) is 0 Å². The summed E-state index contributed by atoms with van der Waals surface area (Å²) in [5, 5.41) is 12.0. The Morgan fingerprint density at radius 1 is 1.73 bits per heavy atom. The Morgan fingerprint density at radius 3 is 2.73 bits per heavy atom. The smallest absolute Gasteiger partial charge is 0.180 e. The van der Waals surface area contributed by atoms with Crippen LogP contribution in [-0.2, 0) is 0 Å². The van der Waals surface area contributed by atoms with Crippen LogP contribution in [-0.4, -0.2) is 15.9 Å². The summed E-state index contributed by atoms with van der Waals surface area (Å²) >= 11 is 1.32. The van der Waals surface area contributed by atoms with Gasteiger partial charge >= 0.3 is 0 Å². The third-order valence-corrected chi connectivity index (χ3v) is 2.39. The Bertz CT molecular complexity index is 292. The molecule has 0 spiro atoms. The van der Waals surface area contributed by atoms with Crippen LogP contribution in [0.4, 0.5) is 5.13 Å². The van der Waals surface area contributed by atoms with Crippen LogP contribution in [0, 0.1) is 6.92 Å². The fourth-order valence-corrected chi connectivity index (χ4v) is 1.57. The summed E-state index contributed by atoms with van der Waals surface area (Å²) in [6.07, 6.45) is 0. The van der Waals surface area contributed by atoms with Crippen molar-refractivity contribution in [1.29, 1.82) is 0 Å². The number of rotatable bonds is 1. The quantitative estimate of drug-likeness (QED) is 0.379. The number of oxime groups is 1. The van der Waals surface area contributed by atoms with Gasteiger partial charge in [-0.3, -0.25) is 0 Å². The molecular formula is C6H9N3OS. The first kappa shape index (κ1) is 8.00. The monoisotopic (exact) mass is 171 g/mol. The van der Waals surface area contributed by atoms with E-state index in [-0.39, 0.29) is 0 Å². The van der Waals surface area contributed by atoms with Gasteiger partial charge in [0.1, 0.15) is 0 Å². The molecule has 4 nitrogen and oxygen atoms in total. The highest BCUT2D eigenvalue weighted by Gasteiger charge is 2.07. The number of nitrogen functional groups attached to an aromatic ring is 1. The van der Waals surface area contributed by atoms with Crippen LogP contribution in [0.25, 0.3) is 0 Å². The molecule has 1 aromatic rings. The molecule has 0 aromatic carbocycles. The Morgan fingerprint density at radius 2 is 2.36 bits per heavy atom. The van der Waals surface area contributed by atoms with Gasteiger partial charge in [-0.2, -0.15) is 0 Å². The van der Waals surface area contributed by atoms with Crippen molar-refractivity contribution in [3.8, 4) is 0 Å². The van der Waals surface area contributed by atoms with E-state index >= 15 is 0 Å². The molecule has 5 heteroatoms. The van der Waals surface area contributed by atoms with Crippen molar-refractivity contribution in [1.82, 2.24) is 4.98 Å². The molecule has 0 radical (unpaired) electrons. The summed E-state index contributed by atoms with van der Waals surface area (Å²) in [5.41, 5.74) is 6.80. The third kappa shape index (κ3) is 1.48. The van der Waals surface area contributed by atoms with Gasteiger partial charge < -0.3 is 10.9 Å². The SMILES string of the molecule is C/C(=N\O)c1sc(N)nc1C. The second-order valence-electron chi connectivity index (χ2n) is 2.15. The molecular weight excluding hydrogens is 162 g/mol. The van der Waals surface area contributed by atoms with Crippen LogP contribution >= 0.6 is 11.3 Å². The molecule has 0 aliphatic heterocycles. The lowest BCUT2D eigenvalue weighted by atomic mass is 10.3. The second kappa shape index (κ2) is 2.87. The van der Waals surface area contributed by atoms with Gasteiger partial charge in [0.15, 0.2) is 5.13 Å². The van der Waals surface area contributed by atoms with Crippen LogP contribution in [0.1, 0.15) is 17.5 Å². The predicted molar refractivity (Wildman–Crippen MR) is 45.3 cm³/mol. The third-order valence-electron chi connectivity index (χ3n) is 1.29. The van der Waals surface area contributed by atoms with Crippen molar-refractivity contribution in [2.75, 3.05) is 5.73 Å². The molecule has 0 aliphatic rings. The van der Waals surface area contributed by atoms with E-state index in [0.717, 1.165) is 10.6 Å². The largest absolute Gasteiger partial charge is 0.411 e. The fourth-order valence-electron chi connectivity index (χ4n) is 0.798. The topological polar surface area (TPSA) is 71.5 Å². The summed E-state index contributed by atoms with van der Waals surface area (Å²) in [6, 6.07) is 0. The van der Waals surface area contributed by atoms with Gasteiger partial charge in [0.25, 0.3) is 0 Å². The number of nitrogens with zero attached hydrogens (tertiary/aromatic N) is 2. The highest BCUT2D eigenvalue weighted by atomic mass is 32.1. The lowest BCUT2D eigenvalue weighted by Gasteiger charge is -1.90. The lowest BCUT2D eigenvalue weighted by Crippen LogP contribution is -1.92. The fraction of sp³-hybridized carbons (Fsp3) is 0.333. The summed E-state index contributed by atoms with van der Waals surface area (Å²) in [4.78, 5) is 4.82. The lowest BCUT2D eigenvalue weighted by molar-refractivity contribution is 0.319. The molecule has 0 unspecified atom stereocenters. The Hall–Kier alpha value is -1.10. The molecule has 0 aliphatic carbocycles. The van der Waals surface area contributed by atoms with Crippen LogP contribution < -0.4 is 5.73 Å². The molecule has 0 saturated carbocycles. The van der Waals surface area contributed by atoms with Gasteiger partial charge in [-0.05, 0) is 13.8 Å². The van der Waals surface area contributed by atoms with E-state index in [1.54, 1.807) is 6.92 Å². The second-order valence-corrected chi connectivity index (χ2v) is 3.18. The summed E-state index contributed by atoms with van der Waals surface area (Å²) < 4.78 is 0. The van der Waals surface area contributed by atoms with Crippen LogP contribution in [0.2, 0.25) is 0 Å². The maximum absolute atomic E-state index is 8.45. The summed E-state index contributed by atoms with van der Waals surface area (Å²) in [5.74, 6) is 0. The van der Waals surface area contributed by atoms with Gasteiger partial charge in [-0.25, -0.2) is 4.98 Å². The molecule has 1 rings (SSSR count). The summed E-state index contributed by atoms with van der Waals surface area (Å²) in [6.45, 7) is 3.54. The van der Waals surface area contributed by atoms with Gasteiger partial charge in [0.2, 0.25) is 0 Å². The van der Waals surface area contributed by atoms with Crippen molar-refractivity contribution in [2.24, 2.45) is 5.16 Å². The van der Waals surface area contributed by atoms with Crippen LogP contribution in [0.3, 0.4) is 0 Å². The van der Waals surface area contributed by atoms with E-state index in [9.17, 15) is 0 Å². The van der Waals surface area contributed by atoms with E-state index in [1.165, 1.54) is 11.3 Å². The molecule has 0 fully saturated rings. The average Bonchev–Trinajstić information content (AvgIpc) is 2.28. The molecule has 3 N–H and O–H groups in total. The molecule has 0 amide bonds. The molecule has 11 heavy (non-hydrogen) atoms. The molecule has 0 atom stereocenters. The van der Waals surface area contributed by atoms with Crippen molar-refractivity contribution in [3.63, 3.8) is 0 Å². The molecule has 60 valence electrons. The normalized spacial score (nSPS) is 12.0. The minimum Gasteiger partial charge on any atom is -0.411 e. The first-order chi connectivity index (χ1) is 5.15. The van der Waals surface area contributed by atoms with E-state index < -0.39 is 0 Å². The van der Waals surface area contributed by atoms with Crippen molar-refractivity contribution in [2.45, 2.75) is 13.8 Å². The van der Waals surface area contributed by atoms with E-state index in [2.05, 4.69) is 10.1 Å². The predicted octanol–water partition coefficient (Wildman–Crippen LogP) is 1.23. The van der Waals surface area contributed by atoms with Crippen molar-refractivity contribution < 1.29 is 5.21 Å². The maximum Gasteiger partial charge on any atom is 0.180 e. The maximum atomic E-state index is 8.45. The van der Waals surface area contributed by atoms with Crippen molar-refractivity contribution >= 4 is 22.2 Å². The Labute approximate surface area is 68.4 Å². The average molecular weight is 171 g/mol. The first-order valence-corrected chi connectivity index (χ1v) is 3.88. The number of hydrogen-bond acceptors (Lipinski definition) is 5. The molecule has 0 bridgehead atoms. The van der Waals surface area contributed by atoms with Crippen LogP contribution in [0.5, 0.6) is 0 Å². The summed E-state index contributed by atoms with van der Waals surface area (Å²) in [7, 11) is 0. The zero-order valence-corrected chi connectivity index (χ0v) is 7.14. The van der Waals surface area contributed by atoms with Gasteiger partial charge in [-0.15, -0.1) is 0 Å². The van der Waals surface area contributed by atoms with Crippen molar-refractivity contribution in [3.05, 3.63) is 10.6 Å². The molecule has 0 saturated heterocycles. The Kier molecular flexibility index (Phi) is 2.09. The van der Waals surface area contributed by atoms with E-state index in [1.807, 2.05) is 6.92 Å². The van der Waals surface area contributed by atoms with Gasteiger partial charge in [-0.1, -0.05) is 16.5 Å². The molecule has 1 heterocycles. The number of aromatic nitrogens is 1. The highest BCUT2D eigenvalue weighted by Crippen LogP contribution is 2.19. The number of anilines is 1. The standard InChI is InChI=1S/C6H9N3OS/c1-3-5(4(2)9-10)11-6(7)8-3/h10H,1-2H3,(H2,7,8)/b9-4+. The van der Waals surface area contributed by atoms with Crippen LogP contribution in [0.15, 0.2) is 5.16 Å². The minimum absolute atomic E-state index is 0.500. The zero-order valence-electron chi connectivity index (χ0n) is 6.33. The van der Waals surface area contributed by atoms with E-state index in [0.29, 0.717) is 10.8 Å². The number of aryl methyl sites for hydroxylation is 1. The van der Waals surface area contributed by atoms with Gasteiger partial charge in [0.05, 0.1) is 16.3 Å². The van der Waals surface area contributed by atoms with E-state index in [4.69, 9.17) is 10.9 Å². The first-order valence-electron chi connectivity index (χ1n) is 3.07. The number of hydrogen-bond donors (Lipinski definition) is 2. The number of nitrogens with two attached hydrogens (primary N) is 1.